The predicted molar refractivity (Wildman–Crippen MR) is 80.8 cm³/mol. The van der Waals surface area contributed by atoms with E-state index in [2.05, 4.69) is 10.4 Å². The summed E-state index contributed by atoms with van der Waals surface area (Å²) in [5, 5.41) is 17.7. The predicted octanol–water partition coefficient (Wildman–Crippen LogP) is 2.25. The van der Waals surface area contributed by atoms with E-state index >= 15 is 0 Å². The molecule has 0 spiro atoms. The third-order valence-electron chi connectivity index (χ3n) is 2.94. The summed E-state index contributed by atoms with van der Waals surface area (Å²) >= 11 is 2.90. The number of rotatable bonds is 4. The monoisotopic (exact) mass is 321 g/mol. The van der Waals surface area contributed by atoms with Crippen LogP contribution in [0.1, 0.15) is 21.3 Å². The number of amides is 1. The van der Waals surface area contributed by atoms with Gasteiger partial charge in [-0.3, -0.25) is 9.48 Å². The first kappa shape index (κ1) is 13.8. The van der Waals surface area contributed by atoms with Gasteiger partial charge >= 0.3 is 5.97 Å². The van der Waals surface area contributed by atoms with Crippen molar-refractivity contribution in [2.45, 2.75) is 6.04 Å². The highest BCUT2D eigenvalue weighted by atomic mass is 32.1. The number of aryl methyl sites for hydroxylation is 1. The van der Waals surface area contributed by atoms with Crippen LogP contribution in [0.3, 0.4) is 0 Å². The number of carboxylic acids is 1. The summed E-state index contributed by atoms with van der Waals surface area (Å²) < 4.78 is 3.55. The molecule has 1 amide bonds. The maximum Gasteiger partial charge on any atom is 0.331 e. The van der Waals surface area contributed by atoms with Crippen LogP contribution in [0, 0.1) is 0 Å². The van der Waals surface area contributed by atoms with Gasteiger partial charge in [0.25, 0.3) is 5.91 Å². The molecule has 21 heavy (non-hydrogen) atoms. The summed E-state index contributed by atoms with van der Waals surface area (Å²) in [6.07, 6.45) is 3.01. The Morgan fingerprint density at radius 2 is 2.24 bits per heavy atom. The standard InChI is InChI=1S/C13H11N3O3S2/c1-16-6-7(5-14-16)11(13(18)19)15-12(17)10-4-9-8(21-10)2-3-20-9/h2-6,11H,1H3,(H,15,17)(H,18,19). The van der Waals surface area contributed by atoms with Crippen LogP contribution in [-0.2, 0) is 11.8 Å². The smallest absolute Gasteiger partial charge is 0.331 e. The fraction of sp³-hybridized carbons (Fsp3) is 0.154. The Hall–Kier alpha value is -2.19. The van der Waals surface area contributed by atoms with Gasteiger partial charge in [0, 0.05) is 28.2 Å². The van der Waals surface area contributed by atoms with E-state index in [-0.39, 0.29) is 5.91 Å². The zero-order valence-corrected chi connectivity index (χ0v) is 12.6. The third kappa shape index (κ3) is 2.67. The van der Waals surface area contributed by atoms with E-state index in [4.69, 9.17) is 0 Å². The van der Waals surface area contributed by atoms with Gasteiger partial charge in [-0.25, -0.2) is 4.79 Å². The number of thiophene rings is 2. The SMILES string of the molecule is Cn1cc(C(NC(=O)c2cc3sccc3s2)C(=O)O)cn1. The molecule has 0 aliphatic heterocycles. The highest BCUT2D eigenvalue weighted by Gasteiger charge is 2.24. The molecule has 1 unspecified atom stereocenters. The normalized spacial score (nSPS) is 12.4. The maximum atomic E-state index is 12.2. The van der Waals surface area contributed by atoms with Crippen molar-refractivity contribution in [2.24, 2.45) is 7.05 Å². The van der Waals surface area contributed by atoms with Crippen molar-refractivity contribution in [3.8, 4) is 0 Å². The van der Waals surface area contributed by atoms with Crippen molar-refractivity contribution < 1.29 is 14.7 Å². The summed E-state index contributed by atoms with van der Waals surface area (Å²) in [5.41, 5.74) is 0.441. The number of carboxylic acid groups (broad SMARTS) is 1. The average molecular weight is 321 g/mol. The Kier molecular flexibility index (Phi) is 3.48. The molecule has 3 rings (SSSR count). The number of nitrogens with one attached hydrogen (secondary N) is 1. The third-order valence-corrected chi connectivity index (χ3v) is 5.04. The van der Waals surface area contributed by atoms with E-state index in [1.807, 2.05) is 11.4 Å². The van der Waals surface area contributed by atoms with Gasteiger partial charge in [-0.1, -0.05) is 0 Å². The number of nitrogens with zero attached hydrogens (tertiary/aromatic N) is 2. The van der Waals surface area contributed by atoms with Crippen LogP contribution in [0.2, 0.25) is 0 Å². The van der Waals surface area contributed by atoms with Gasteiger partial charge in [0.2, 0.25) is 0 Å². The van der Waals surface area contributed by atoms with E-state index in [1.165, 1.54) is 22.2 Å². The minimum atomic E-state index is -1.12. The number of hydrogen-bond donors (Lipinski definition) is 2. The molecule has 0 aliphatic rings. The first-order chi connectivity index (χ1) is 10.0. The minimum absolute atomic E-state index is 0.389. The molecule has 0 bridgehead atoms. The van der Waals surface area contributed by atoms with Crippen LogP contribution in [0.5, 0.6) is 0 Å². The van der Waals surface area contributed by atoms with Gasteiger partial charge < -0.3 is 10.4 Å². The molecule has 0 aliphatic carbocycles. The number of aromatic nitrogens is 2. The minimum Gasteiger partial charge on any atom is -0.479 e. The zero-order valence-electron chi connectivity index (χ0n) is 10.9. The molecular formula is C13H11N3O3S2. The highest BCUT2D eigenvalue weighted by molar-refractivity contribution is 7.27. The number of carbonyl (C=O) groups excluding carboxylic acids is 1. The first-order valence-corrected chi connectivity index (χ1v) is 7.73. The molecule has 108 valence electrons. The maximum absolute atomic E-state index is 12.2. The summed E-state index contributed by atoms with van der Waals surface area (Å²) in [5.74, 6) is -1.51. The Morgan fingerprint density at radius 3 is 2.86 bits per heavy atom. The van der Waals surface area contributed by atoms with Gasteiger partial charge in [0.15, 0.2) is 6.04 Å². The quantitative estimate of drug-likeness (QED) is 0.772. The topological polar surface area (TPSA) is 84.2 Å². The Balaban J connectivity index is 1.84. The summed E-state index contributed by atoms with van der Waals surface area (Å²) in [6.45, 7) is 0. The Morgan fingerprint density at radius 1 is 1.43 bits per heavy atom. The first-order valence-electron chi connectivity index (χ1n) is 6.04. The molecule has 3 aromatic heterocycles. The summed E-state index contributed by atoms with van der Waals surface area (Å²) in [7, 11) is 1.69. The van der Waals surface area contributed by atoms with Crippen molar-refractivity contribution in [1.29, 1.82) is 0 Å². The van der Waals surface area contributed by atoms with Crippen LogP contribution in [0.4, 0.5) is 0 Å². The molecule has 0 saturated heterocycles. The lowest BCUT2D eigenvalue weighted by Gasteiger charge is -2.11. The Bertz CT molecular complexity index is 789. The van der Waals surface area contributed by atoms with E-state index in [0.29, 0.717) is 10.4 Å². The molecule has 0 radical (unpaired) electrons. The molecular weight excluding hydrogens is 310 g/mol. The van der Waals surface area contributed by atoms with Crippen molar-refractivity contribution in [2.75, 3.05) is 0 Å². The van der Waals surface area contributed by atoms with Crippen LogP contribution in [-0.4, -0.2) is 26.8 Å². The number of aliphatic carboxylic acids is 1. The lowest BCUT2D eigenvalue weighted by molar-refractivity contribution is -0.139. The molecule has 0 fully saturated rings. The molecule has 8 heteroatoms. The fourth-order valence-corrected chi connectivity index (χ4v) is 3.97. The Labute approximate surface area is 127 Å². The molecule has 6 nitrogen and oxygen atoms in total. The molecule has 3 heterocycles. The van der Waals surface area contributed by atoms with Crippen molar-refractivity contribution >= 4 is 43.9 Å². The lowest BCUT2D eigenvalue weighted by atomic mass is 10.1. The second-order valence-electron chi connectivity index (χ2n) is 4.45. The van der Waals surface area contributed by atoms with E-state index in [1.54, 1.807) is 30.6 Å². The van der Waals surface area contributed by atoms with Crippen LogP contribution >= 0.6 is 22.7 Å². The van der Waals surface area contributed by atoms with Crippen LogP contribution in [0.25, 0.3) is 9.40 Å². The number of fused-ring (bicyclic) bond motifs is 1. The average Bonchev–Trinajstić information content (AvgIpc) is 3.09. The van der Waals surface area contributed by atoms with Gasteiger partial charge in [0.05, 0.1) is 11.1 Å². The summed E-state index contributed by atoms with van der Waals surface area (Å²) in [6, 6.07) is 2.62. The lowest BCUT2D eigenvalue weighted by Crippen LogP contribution is -2.33. The van der Waals surface area contributed by atoms with Gasteiger partial charge in [-0.15, -0.1) is 22.7 Å². The number of carbonyl (C=O) groups is 2. The molecule has 1 atom stereocenters. The van der Waals surface area contributed by atoms with Crippen LogP contribution in [0.15, 0.2) is 29.9 Å². The second-order valence-corrected chi connectivity index (χ2v) is 6.48. The van der Waals surface area contributed by atoms with Gasteiger partial charge in [0.1, 0.15) is 0 Å². The van der Waals surface area contributed by atoms with Crippen molar-refractivity contribution in [3.63, 3.8) is 0 Å². The molecule has 0 aromatic carbocycles. The van der Waals surface area contributed by atoms with Gasteiger partial charge in [-0.2, -0.15) is 5.10 Å². The fourth-order valence-electron chi connectivity index (χ4n) is 1.96. The molecule has 0 saturated carbocycles. The molecule has 3 aromatic rings. The second kappa shape index (κ2) is 5.30. The van der Waals surface area contributed by atoms with E-state index in [9.17, 15) is 14.7 Å². The van der Waals surface area contributed by atoms with Crippen LogP contribution < -0.4 is 5.32 Å². The molecule has 2 N–H and O–H groups in total. The summed E-state index contributed by atoms with van der Waals surface area (Å²) in [4.78, 5) is 24.1. The van der Waals surface area contributed by atoms with Crippen molar-refractivity contribution in [1.82, 2.24) is 15.1 Å². The van der Waals surface area contributed by atoms with Crippen molar-refractivity contribution in [3.05, 3.63) is 40.3 Å². The van der Waals surface area contributed by atoms with Gasteiger partial charge in [-0.05, 0) is 17.5 Å². The largest absolute Gasteiger partial charge is 0.479 e. The highest BCUT2D eigenvalue weighted by Crippen LogP contribution is 2.30. The zero-order chi connectivity index (χ0) is 15.0. The van der Waals surface area contributed by atoms with E-state index in [0.717, 1.165) is 9.40 Å². The van der Waals surface area contributed by atoms with E-state index < -0.39 is 12.0 Å². The number of hydrogen-bond acceptors (Lipinski definition) is 5.